The van der Waals surface area contributed by atoms with Gasteiger partial charge in [-0.05, 0) is 57.3 Å². The van der Waals surface area contributed by atoms with Crippen LogP contribution in [-0.2, 0) is 0 Å². The lowest BCUT2D eigenvalue weighted by Crippen LogP contribution is -1.91. The molecule has 2 heteroatoms. The Morgan fingerprint density at radius 1 is 0.472 bits per heavy atom. The summed E-state index contributed by atoms with van der Waals surface area (Å²) in [6, 6.07) is 47.7. The Balaban J connectivity index is 1.23. The van der Waals surface area contributed by atoms with E-state index in [0.29, 0.717) is 0 Å². The normalized spacial score (nSPS) is 11.3. The molecule has 1 nitrogen and oxygen atoms in total. The van der Waals surface area contributed by atoms with Gasteiger partial charge in [0.15, 0.2) is 0 Å². The van der Waals surface area contributed by atoms with Crippen LogP contribution in [0.5, 0.6) is 0 Å². The molecule has 0 bridgehead atoms. The minimum absolute atomic E-state index is 1.09. The minimum atomic E-state index is 1.09. The quantitative estimate of drug-likeness (QED) is 0.266. The van der Waals surface area contributed by atoms with Crippen molar-refractivity contribution in [2.75, 3.05) is 5.32 Å². The first-order valence-corrected chi connectivity index (χ1v) is 13.0. The molecule has 0 unspecified atom stereocenters. The number of nitrogens with one attached hydrogen (secondary N) is 1. The SMILES string of the molecule is c1ccc(-c2ccc(-c3ccc(Nc4cc5ccccc5c5c4sc4ccccc45)cc3)cc2)cc1. The second kappa shape index (κ2) is 8.67. The molecule has 6 aromatic carbocycles. The second-order valence-corrected chi connectivity index (χ2v) is 10.1. The molecule has 0 amide bonds. The lowest BCUT2D eigenvalue weighted by atomic mass is 10.00. The Kier molecular flexibility index (Phi) is 5.04. The maximum absolute atomic E-state index is 3.72. The van der Waals surface area contributed by atoms with Crippen LogP contribution in [0.1, 0.15) is 0 Å². The molecule has 1 N–H and O–H groups in total. The highest BCUT2D eigenvalue weighted by Crippen LogP contribution is 2.43. The number of fused-ring (bicyclic) bond motifs is 5. The van der Waals surface area contributed by atoms with Crippen LogP contribution in [-0.4, -0.2) is 0 Å². The first kappa shape index (κ1) is 20.9. The third-order valence-electron chi connectivity index (χ3n) is 6.86. The van der Waals surface area contributed by atoms with E-state index in [2.05, 4.69) is 139 Å². The molecule has 0 aliphatic carbocycles. The van der Waals surface area contributed by atoms with Crippen molar-refractivity contribution in [1.82, 2.24) is 0 Å². The van der Waals surface area contributed by atoms with Crippen LogP contribution in [0.25, 0.3) is 53.2 Å². The molecule has 0 aliphatic heterocycles. The standard InChI is InChI=1S/C34H23NS/c1-2-8-23(9-3-1)24-14-16-25(17-15-24)26-18-20-28(21-19-26)35-31-22-27-10-4-5-11-29(27)33-30-12-6-7-13-32(30)36-34(31)33/h1-22,35H. The third kappa shape index (κ3) is 3.64. The van der Waals surface area contributed by atoms with Gasteiger partial charge in [-0.1, -0.05) is 109 Å². The molecule has 0 aliphatic rings. The molecule has 0 radical (unpaired) electrons. The van der Waals surface area contributed by atoms with Crippen molar-refractivity contribution in [3.8, 4) is 22.3 Å². The van der Waals surface area contributed by atoms with Crippen molar-refractivity contribution in [3.63, 3.8) is 0 Å². The van der Waals surface area contributed by atoms with Crippen molar-refractivity contribution in [1.29, 1.82) is 0 Å². The van der Waals surface area contributed by atoms with Gasteiger partial charge in [0.05, 0.1) is 10.4 Å². The van der Waals surface area contributed by atoms with E-state index in [1.165, 1.54) is 53.2 Å². The molecule has 0 spiro atoms. The molecule has 0 saturated carbocycles. The molecular formula is C34H23NS. The summed E-state index contributed by atoms with van der Waals surface area (Å²) in [6.07, 6.45) is 0. The van der Waals surface area contributed by atoms with E-state index in [9.17, 15) is 0 Å². The Morgan fingerprint density at radius 2 is 1.03 bits per heavy atom. The Hall–Kier alpha value is -4.40. The van der Waals surface area contributed by atoms with Crippen molar-refractivity contribution >= 4 is 53.7 Å². The third-order valence-corrected chi connectivity index (χ3v) is 8.06. The van der Waals surface area contributed by atoms with Crippen LogP contribution in [0.3, 0.4) is 0 Å². The van der Waals surface area contributed by atoms with Gasteiger partial charge in [-0.25, -0.2) is 0 Å². The molecule has 1 aromatic heterocycles. The summed E-state index contributed by atoms with van der Waals surface area (Å²) in [5, 5.41) is 8.95. The van der Waals surface area contributed by atoms with Gasteiger partial charge in [0.2, 0.25) is 0 Å². The van der Waals surface area contributed by atoms with Gasteiger partial charge in [-0.3, -0.25) is 0 Å². The van der Waals surface area contributed by atoms with Crippen molar-refractivity contribution in [3.05, 3.63) is 133 Å². The van der Waals surface area contributed by atoms with Crippen molar-refractivity contribution in [2.24, 2.45) is 0 Å². The van der Waals surface area contributed by atoms with E-state index in [1.54, 1.807) is 0 Å². The maximum atomic E-state index is 3.72. The fourth-order valence-electron chi connectivity index (χ4n) is 5.05. The summed E-state index contributed by atoms with van der Waals surface area (Å²) >= 11 is 1.86. The molecule has 36 heavy (non-hydrogen) atoms. The predicted molar refractivity (Wildman–Crippen MR) is 157 cm³/mol. The smallest absolute Gasteiger partial charge is 0.0596 e. The van der Waals surface area contributed by atoms with Gasteiger partial charge >= 0.3 is 0 Å². The zero-order valence-electron chi connectivity index (χ0n) is 19.6. The molecule has 0 atom stereocenters. The van der Waals surface area contributed by atoms with Crippen LogP contribution in [0.4, 0.5) is 11.4 Å². The average molecular weight is 478 g/mol. The minimum Gasteiger partial charge on any atom is -0.354 e. The predicted octanol–water partition coefficient (Wildman–Crippen LogP) is 10.3. The van der Waals surface area contributed by atoms with Gasteiger partial charge in [0, 0.05) is 21.2 Å². The van der Waals surface area contributed by atoms with E-state index in [-0.39, 0.29) is 0 Å². The van der Waals surface area contributed by atoms with Crippen LogP contribution in [0.2, 0.25) is 0 Å². The van der Waals surface area contributed by atoms with Crippen molar-refractivity contribution in [2.45, 2.75) is 0 Å². The second-order valence-electron chi connectivity index (χ2n) is 9.09. The summed E-state index contributed by atoms with van der Waals surface area (Å²) < 4.78 is 2.62. The van der Waals surface area contributed by atoms with Crippen molar-refractivity contribution < 1.29 is 0 Å². The highest BCUT2D eigenvalue weighted by atomic mass is 32.1. The van der Waals surface area contributed by atoms with E-state index >= 15 is 0 Å². The fraction of sp³-hybridized carbons (Fsp3) is 0. The Morgan fingerprint density at radius 3 is 1.75 bits per heavy atom. The zero-order chi connectivity index (χ0) is 23.9. The molecule has 0 fully saturated rings. The number of thiophene rings is 1. The van der Waals surface area contributed by atoms with Gasteiger partial charge < -0.3 is 5.32 Å². The van der Waals surface area contributed by atoms with Gasteiger partial charge in [0.25, 0.3) is 0 Å². The number of hydrogen-bond donors (Lipinski definition) is 1. The first-order chi connectivity index (χ1) is 17.8. The number of benzene rings is 6. The van der Waals surface area contributed by atoms with Crippen LogP contribution < -0.4 is 5.32 Å². The van der Waals surface area contributed by atoms with Gasteiger partial charge in [-0.15, -0.1) is 11.3 Å². The maximum Gasteiger partial charge on any atom is 0.0596 e. The first-order valence-electron chi connectivity index (χ1n) is 12.2. The molecule has 0 saturated heterocycles. The molecule has 1 heterocycles. The summed E-state index contributed by atoms with van der Waals surface area (Å²) in [6.45, 7) is 0. The molecule has 170 valence electrons. The summed E-state index contributed by atoms with van der Waals surface area (Å²) in [5.74, 6) is 0. The van der Waals surface area contributed by atoms with Crippen LogP contribution in [0, 0.1) is 0 Å². The lowest BCUT2D eigenvalue weighted by molar-refractivity contribution is 1.56. The highest BCUT2D eigenvalue weighted by molar-refractivity contribution is 7.26. The Labute approximate surface area is 214 Å². The molecule has 7 rings (SSSR count). The van der Waals surface area contributed by atoms with E-state index in [4.69, 9.17) is 0 Å². The van der Waals surface area contributed by atoms with Gasteiger partial charge in [0.1, 0.15) is 0 Å². The van der Waals surface area contributed by atoms with E-state index < -0.39 is 0 Å². The summed E-state index contributed by atoms with van der Waals surface area (Å²) in [5.41, 5.74) is 7.16. The monoisotopic (exact) mass is 477 g/mol. The number of anilines is 2. The largest absolute Gasteiger partial charge is 0.354 e. The molecular weight excluding hydrogens is 454 g/mol. The van der Waals surface area contributed by atoms with Crippen LogP contribution >= 0.6 is 11.3 Å². The zero-order valence-corrected chi connectivity index (χ0v) is 20.4. The molecule has 7 aromatic rings. The van der Waals surface area contributed by atoms with Gasteiger partial charge in [-0.2, -0.15) is 0 Å². The highest BCUT2D eigenvalue weighted by Gasteiger charge is 2.13. The number of hydrogen-bond acceptors (Lipinski definition) is 2. The lowest BCUT2D eigenvalue weighted by Gasteiger charge is -2.11. The average Bonchev–Trinajstić information content (AvgIpc) is 3.35. The van der Waals surface area contributed by atoms with E-state index in [1.807, 2.05) is 11.3 Å². The number of rotatable bonds is 4. The summed E-state index contributed by atoms with van der Waals surface area (Å²) in [4.78, 5) is 0. The summed E-state index contributed by atoms with van der Waals surface area (Å²) in [7, 11) is 0. The Bertz CT molecular complexity index is 1830. The van der Waals surface area contributed by atoms with E-state index in [0.717, 1.165) is 11.4 Å². The fourth-order valence-corrected chi connectivity index (χ4v) is 6.24. The van der Waals surface area contributed by atoms with Crippen LogP contribution in [0.15, 0.2) is 133 Å². The topological polar surface area (TPSA) is 12.0 Å².